The van der Waals surface area contributed by atoms with Crippen molar-refractivity contribution in [2.75, 3.05) is 6.54 Å². The highest BCUT2D eigenvalue weighted by Crippen LogP contribution is 2.25. The smallest absolute Gasteiger partial charge is 0.352 e. The van der Waals surface area contributed by atoms with E-state index in [-0.39, 0.29) is 24.5 Å². The summed E-state index contributed by atoms with van der Waals surface area (Å²) in [5.41, 5.74) is 0.111. The Labute approximate surface area is 100 Å². The number of hydrogen-bond acceptors (Lipinski definition) is 3. The lowest BCUT2D eigenvalue weighted by Gasteiger charge is -2.28. The molecule has 1 heterocycles. The molecule has 1 saturated carbocycles. The summed E-state index contributed by atoms with van der Waals surface area (Å²) >= 11 is 0. The second-order valence-corrected chi connectivity index (χ2v) is 4.83. The quantitative estimate of drug-likeness (QED) is 0.812. The third kappa shape index (κ3) is 3.05. The van der Waals surface area contributed by atoms with Crippen molar-refractivity contribution >= 4 is 17.6 Å². The highest BCUT2D eigenvalue weighted by Gasteiger charge is 2.26. The lowest BCUT2D eigenvalue weighted by molar-refractivity contribution is -0.133. The highest BCUT2D eigenvalue weighted by molar-refractivity contribution is 6.36. The zero-order valence-electron chi connectivity index (χ0n) is 9.89. The normalized spacial score (nSPS) is 22.5. The number of carboxylic acids is 1. The Morgan fingerprint density at radius 1 is 1.29 bits per heavy atom. The van der Waals surface area contributed by atoms with Gasteiger partial charge in [-0.15, -0.1) is 0 Å². The minimum absolute atomic E-state index is 0.0411. The molecular formula is C12H18N2O3. The molecule has 17 heavy (non-hydrogen) atoms. The van der Waals surface area contributed by atoms with Gasteiger partial charge in [-0.05, 0) is 18.8 Å². The number of carboxylic acid groups (broad SMARTS) is 1. The van der Waals surface area contributed by atoms with E-state index in [4.69, 9.17) is 5.11 Å². The average molecular weight is 238 g/mol. The third-order valence-corrected chi connectivity index (χ3v) is 3.51. The largest absolute Gasteiger partial charge is 0.477 e. The van der Waals surface area contributed by atoms with Crippen LogP contribution in [0.4, 0.5) is 0 Å². The highest BCUT2D eigenvalue weighted by atomic mass is 16.4. The molecule has 0 aromatic heterocycles. The average Bonchev–Trinajstić information content (AvgIpc) is 2.33. The minimum Gasteiger partial charge on any atom is -0.477 e. The fraction of sp³-hybridized carbons (Fsp3) is 0.750. The van der Waals surface area contributed by atoms with Crippen molar-refractivity contribution in [3.8, 4) is 0 Å². The number of carbonyl (C=O) groups is 2. The van der Waals surface area contributed by atoms with E-state index in [9.17, 15) is 9.59 Å². The standard InChI is InChI=1S/C12H18N2O3/c15-11-7-6-10(12(16)17)13-14(11)8-9-4-2-1-3-5-9/h9H,1-8H2,(H,16,17). The summed E-state index contributed by atoms with van der Waals surface area (Å²) in [4.78, 5) is 22.5. The molecule has 0 saturated heterocycles. The van der Waals surface area contributed by atoms with Crippen LogP contribution in [-0.4, -0.2) is 34.2 Å². The molecule has 0 aromatic carbocycles. The molecule has 1 N–H and O–H groups in total. The van der Waals surface area contributed by atoms with E-state index in [0.717, 1.165) is 12.8 Å². The first kappa shape index (κ1) is 12.1. The molecule has 5 nitrogen and oxygen atoms in total. The number of aliphatic carboxylic acids is 1. The molecule has 94 valence electrons. The first-order chi connectivity index (χ1) is 8.16. The van der Waals surface area contributed by atoms with Gasteiger partial charge in [0, 0.05) is 19.4 Å². The van der Waals surface area contributed by atoms with Crippen LogP contribution in [0.15, 0.2) is 5.10 Å². The molecule has 0 radical (unpaired) electrons. The number of carbonyl (C=O) groups excluding carboxylic acids is 1. The van der Waals surface area contributed by atoms with Crippen molar-refractivity contribution in [1.82, 2.24) is 5.01 Å². The molecule has 0 atom stereocenters. The summed E-state index contributed by atoms with van der Waals surface area (Å²) in [5, 5.41) is 14.2. The molecule has 0 unspecified atom stereocenters. The van der Waals surface area contributed by atoms with Crippen LogP contribution in [0, 0.1) is 5.92 Å². The van der Waals surface area contributed by atoms with Crippen LogP contribution in [0.5, 0.6) is 0 Å². The van der Waals surface area contributed by atoms with Crippen molar-refractivity contribution in [2.45, 2.75) is 44.9 Å². The lowest BCUT2D eigenvalue weighted by atomic mass is 9.89. The van der Waals surface area contributed by atoms with Crippen molar-refractivity contribution in [3.63, 3.8) is 0 Å². The van der Waals surface area contributed by atoms with Crippen LogP contribution < -0.4 is 0 Å². The van der Waals surface area contributed by atoms with E-state index in [1.165, 1.54) is 24.3 Å². The second-order valence-electron chi connectivity index (χ2n) is 4.83. The lowest BCUT2D eigenvalue weighted by Crippen LogP contribution is -2.37. The predicted molar refractivity (Wildman–Crippen MR) is 62.6 cm³/mol. The Hall–Kier alpha value is -1.39. The van der Waals surface area contributed by atoms with Crippen molar-refractivity contribution in [3.05, 3.63) is 0 Å². The van der Waals surface area contributed by atoms with Gasteiger partial charge in [0.2, 0.25) is 5.91 Å². The van der Waals surface area contributed by atoms with E-state index >= 15 is 0 Å². The summed E-state index contributed by atoms with van der Waals surface area (Å²) in [6, 6.07) is 0. The summed E-state index contributed by atoms with van der Waals surface area (Å²) in [6.07, 6.45) is 6.48. The fourth-order valence-electron chi connectivity index (χ4n) is 2.51. The summed E-state index contributed by atoms with van der Waals surface area (Å²) in [7, 11) is 0. The first-order valence-electron chi connectivity index (χ1n) is 6.28. The van der Waals surface area contributed by atoms with Crippen LogP contribution in [0.1, 0.15) is 44.9 Å². The number of hydrazone groups is 1. The van der Waals surface area contributed by atoms with E-state index in [0.29, 0.717) is 12.5 Å². The first-order valence-corrected chi connectivity index (χ1v) is 6.28. The molecule has 1 fully saturated rings. The molecular weight excluding hydrogens is 220 g/mol. The van der Waals surface area contributed by atoms with E-state index in [1.807, 2.05) is 0 Å². The van der Waals surface area contributed by atoms with E-state index in [2.05, 4.69) is 5.10 Å². The molecule has 1 amide bonds. The van der Waals surface area contributed by atoms with Gasteiger partial charge in [0.25, 0.3) is 0 Å². The Kier molecular flexibility index (Phi) is 3.76. The maximum atomic E-state index is 11.7. The van der Waals surface area contributed by atoms with Crippen LogP contribution in [0.2, 0.25) is 0 Å². The second kappa shape index (κ2) is 5.29. The van der Waals surface area contributed by atoms with E-state index < -0.39 is 5.97 Å². The van der Waals surface area contributed by atoms with Crippen molar-refractivity contribution < 1.29 is 14.7 Å². The number of nitrogens with zero attached hydrogens (tertiary/aromatic N) is 2. The van der Waals surface area contributed by atoms with Gasteiger partial charge in [-0.25, -0.2) is 9.80 Å². The molecule has 1 aliphatic carbocycles. The van der Waals surface area contributed by atoms with Gasteiger partial charge in [0.15, 0.2) is 0 Å². The van der Waals surface area contributed by atoms with Crippen LogP contribution in [0.25, 0.3) is 0 Å². The molecule has 0 bridgehead atoms. The van der Waals surface area contributed by atoms with Gasteiger partial charge in [-0.1, -0.05) is 19.3 Å². The molecule has 1 aliphatic heterocycles. The Bertz CT molecular complexity index is 346. The van der Waals surface area contributed by atoms with Crippen molar-refractivity contribution in [2.24, 2.45) is 11.0 Å². The van der Waals surface area contributed by atoms with Gasteiger partial charge in [-0.2, -0.15) is 5.10 Å². The molecule has 2 aliphatic rings. The molecule has 5 heteroatoms. The molecule has 0 spiro atoms. The zero-order chi connectivity index (χ0) is 12.3. The van der Waals surface area contributed by atoms with Gasteiger partial charge >= 0.3 is 5.97 Å². The van der Waals surface area contributed by atoms with Gasteiger partial charge in [-0.3, -0.25) is 4.79 Å². The number of hydrogen-bond donors (Lipinski definition) is 1. The molecule has 2 rings (SSSR count). The van der Waals surface area contributed by atoms with Crippen molar-refractivity contribution in [1.29, 1.82) is 0 Å². The molecule has 0 aromatic rings. The van der Waals surface area contributed by atoms with Crippen LogP contribution in [-0.2, 0) is 9.59 Å². The monoisotopic (exact) mass is 238 g/mol. The minimum atomic E-state index is -1.01. The summed E-state index contributed by atoms with van der Waals surface area (Å²) in [5.74, 6) is -0.559. The third-order valence-electron chi connectivity index (χ3n) is 3.51. The summed E-state index contributed by atoms with van der Waals surface area (Å²) < 4.78 is 0. The Balaban J connectivity index is 1.99. The topological polar surface area (TPSA) is 70.0 Å². The number of amides is 1. The Morgan fingerprint density at radius 2 is 2.00 bits per heavy atom. The fourth-order valence-corrected chi connectivity index (χ4v) is 2.51. The maximum Gasteiger partial charge on any atom is 0.352 e. The van der Waals surface area contributed by atoms with Crippen LogP contribution in [0.3, 0.4) is 0 Å². The SMILES string of the molecule is O=C(O)C1=NN(CC2CCCCC2)C(=O)CC1. The maximum absolute atomic E-state index is 11.7. The van der Waals surface area contributed by atoms with E-state index in [1.54, 1.807) is 0 Å². The van der Waals surface area contributed by atoms with Gasteiger partial charge in [0.05, 0.1) is 0 Å². The van der Waals surface area contributed by atoms with Gasteiger partial charge in [0.1, 0.15) is 5.71 Å². The zero-order valence-corrected chi connectivity index (χ0v) is 9.89. The number of rotatable bonds is 3. The van der Waals surface area contributed by atoms with Crippen LogP contribution >= 0.6 is 0 Å². The predicted octanol–water partition coefficient (Wildman–Crippen LogP) is 1.63. The van der Waals surface area contributed by atoms with Gasteiger partial charge < -0.3 is 5.11 Å². The Morgan fingerprint density at radius 3 is 2.65 bits per heavy atom. The summed E-state index contributed by atoms with van der Waals surface area (Å²) in [6.45, 7) is 0.593.